The Kier molecular flexibility index (Phi) is 5.17. The third-order valence-electron chi connectivity index (χ3n) is 3.36. The minimum absolute atomic E-state index is 0.234. The average Bonchev–Trinajstić information content (AvgIpc) is 2.25. The highest BCUT2D eigenvalue weighted by atomic mass is 79.9. The van der Waals surface area contributed by atoms with Gasteiger partial charge >= 0.3 is 0 Å². The fourth-order valence-corrected chi connectivity index (χ4v) is 1.87. The molecule has 2 atom stereocenters. The van der Waals surface area contributed by atoms with Crippen LogP contribution in [0.1, 0.15) is 39.3 Å². The SMILES string of the molecule is CC(C)C(C)(O)CN[C@@H](C)c1cccc(Br)c1. The van der Waals surface area contributed by atoms with Crippen molar-refractivity contribution >= 4 is 15.9 Å². The van der Waals surface area contributed by atoms with Crippen molar-refractivity contribution in [3.8, 4) is 0 Å². The van der Waals surface area contributed by atoms with Crippen LogP contribution >= 0.6 is 15.9 Å². The van der Waals surface area contributed by atoms with Crippen molar-refractivity contribution < 1.29 is 5.11 Å². The molecule has 0 aliphatic heterocycles. The lowest BCUT2D eigenvalue weighted by molar-refractivity contribution is 0.0122. The molecule has 0 saturated carbocycles. The van der Waals surface area contributed by atoms with Crippen LogP contribution in [0.2, 0.25) is 0 Å². The largest absolute Gasteiger partial charge is 0.389 e. The third-order valence-corrected chi connectivity index (χ3v) is 3.85. The molecule has 96 valence electrons. The summed E-state index contributed by atoms with van der Waals surface area (Å²) in [5.41, 5.74) is 0.555. The van der Waals surface area contributed by atoms with Gasteiger partial charge in [-0.2, -0.15) is 0 Å². The minimum Gasteiger partial charge on any atom is -0.389 e. The van der Waals surface area contributed by atoms with Gasteiger partial charge in [-0.25, -0.2) is 0 Å². The summed E-state index contributed by atoms with van der Waals surface area (Å²) < 4.78 is 1.08. The van der Waals surface area contributed by atoms with Crippen molar-refractivity contribution in [2.24, 2.45) is 5.92 Å². The van der Waals surface area contributed by atoms with Crippen LogP contribution in [0.5, 0.6) is 0 Å². The van der Waals surface area contributed by atoms with E-state index in [2.05, 4.69) is 40.3 Å². The highest BCUT2D eigenvalue weighted by Gasteiger charge is 2.25. The lowest BCUT2D eigenvalue weighted by Gasteiger charge is -2.29. The Balaban J connectivity index is 2.59. The molecule has 0 radical (unpaired) electrons. The second-order valence-electron chi connectivity index (χ2n) is 5.17. The number of aliphatic hydroxyl groups is 1. The van der Waals surface area contributed by atoms with E-state index in [4.69, 9.17) is 0 Å². The molecule has 1 aromatic rings. The van der Waals surface area contributed by atoms with E-state index in [9.17, 15) is 5.11 Å². The van der Waals surface area contributed by atoms with Crippen LogP contribution in [0.4, 0.5) is 0 Å². The summed E-state index contributed by atoms with van der Waals surface area (Å²) in [6.07, 6.45) is 0. The smallest absolute Gasteiger partial charge is 0.0766 e. The second-order valence-corrected chi connectivity index (χ2v) is 6.09. The summed E-state index contributed by atoms with van der Waals surface area (Å²) >= 11 is 3.47. The van der Waals surface area contributed by atoms with Crippen molar-refractivity contribution in [3.05, 3.63) is 34.3 Å². The zero-order valence-electron chi connectivity index (χ0n) is 11.0. The molecule has 1 aromatic carbocycles. The van der Waals surface area contributed by atoms with Gasteiger partial charge in [0, 0.05) is 17.1 Å². The summed E-state index contributed by atoms with van der Waals surface area (Å²) in [6, 6.07) is 8.46. The van der Waals surface area contributed by atoms with Gasteiger partial charge in [-0.1, -0.05) is 41.9 Å². The van der Waals surface area contributed by atoms with Gasteiger partial charge in [-0.15, -0.1) is 0 Å². The Hall–Kier alpha value is -0.380. The van der Waals surface area contributed by atoms with Gasteiger partial charge < -0.3 is 10.4 Å². The van der Waals surface area contributed by atoms with Crippen molar-refractivity contribution in [2.75, 3.05) is 6.54 Å². The van der Waals surface area contributed by atoms with Crippen molar-refractivity contribution in [1.29, 1.82) is 0 Å². The molecule has 0 aliphatic rings. The van der Waals surface area contributed by atoms with Gasteiger partial charge in [0.2, 0.25) is 0 Å². The van der Waals surface area contributed by atoms with Crippen LogP contribution in [0, 0.1) is 5.92 Å². The predicted octanol–water partition coefficient (Wildman–Crippen LogP) is 3.51. The van der Waals surface area contributed by atoms with E-state index in [-0.39, 0.29) is 12.0 Å². The van der Waals surface area contributed by atoms with Gasteiger partial charge in [0.15, 0.2) is 0 Å². The molecular weight excluding hydrogens is 278 g/mol. The molecule has 0 saturated heterocycles. The highest BCUT2D eigenvalue weighted by Crippen LogP contribution is 2.20. The standard InChI is InChI=1S/C14H22BrNO/c1-10(2)14(4,17)9-16-11(3)12-6-5-7-13(15)8-12/h5-8,10-11,16-17H,9H2,1-4H3/t11-,14?/m0/s1. The van der Waals surface area contributed by atoms with Gasteiger partial charge in [0.05, 0.1) is 5.60 Å². The Bertz CT molecular complexity index is 363. The quantitative estimate of drug-likeness (QED) is 0.872. The molecule has 1 unspecified atom stereocenters. The molecular formula is C14H22BrNO. The summed E-state index contributed by atoms with van der Waals surface area (Å²) in [4.78, 5) is 0. The van der Waals surface area contributed by atoms with Crippen LogP contribution < -0.4 is 5.32 Å². The Morgan fingerprint density at radius 3 is 2.53 bits per heavy atom. The number of benzene rings is 1. The molecule has 3 heteroatoms. The van der Waals surface area contributed by atoms with Gasteiger partial charge in [-0.05, 0) is 37.5 Å². The van der Waals surface area contributed by atoms with Crippen LogP contribution in [0.25, 0.3) is 0 Å². The summed E-state index contributed by atoms with van der Waals surface area (Å²) in [5, 5.41) is 13.5. The van der Waals surface area contributed by atoms with E-state index in [1.165, 1.54) is 5.56 Å². The fraction of sp³-hybridized carbons (Fsp3) is 0.571. The zero-order valence-corrected chi connectivity index (χ0v) is 12.6. The maximum absolute atomic E-state index is 10.2. The monoisotopic (exact) mass is 299 g/mol. The first kappa shape index (κ1) is 14.7. The summed E-state index contributed by atoms with van der Waals surface area (Å²) in [5.74, 6) is 0.240. The molecule has 0 amide bonds. The maximum atomic E-state index is 10.2. The predicted molar refractivity (Wildman–Crippen MR) is 76.0 cm³/mol. The normalized spacial score (nSPS) is 16.9. The first-order chi connectivity index (χ1) is 7.83. The van der Waals surface area contributed by atoms with Crippen LogP contribution in [0.15, 0.2) is 28.7 Å². The molecule has 0 fully saturated rings. The van der Waals surface area contributed by atoms with Crippen LogP contribution in [-0.4, -0.2) is 17.3 Å². The van der Waals surface area contributed by atoms with Crippen molar-refractivity contribution in [1.82, 2.24) is 5.32 Å². The van der Waals surface area contributed by atoms with Crippen LogP contribution in [-0.2, 0) is 0 Å². The lowest BCUT2D eigenvalue weighted by Crippen LogP contribution is -2.42. The van der Waals surface area contributed by atoms with E-state index in [0.717, 1.165) is 4.47 Å². The number of rotatable bonds is 5. The Labute approximate surface area is 113 Å². The van der Waals surface area contributed by atoms with Gasteiger partial charge in [0.1, 0.15) is 0 Å². The molecule has 0 spiro atoms. The van der Waals surface area contributed by atoms with Crippen molar-refractivity contribution in [2.45, 2.75) is 39.3 Å². The van der Waals surface area contributed by atoms with Gasteiger partial charge in [-0.3, -0.25) is 0 Å². The molecule has 0 aromatic heterocycles. The molecule has 0 bridgehead atoms. The summed E-state index contributed by atoms with van der Waals surface area (Å²) in [7, 11) is 0. The third kappa shape index (κ3) is 4.41. The number of hydrogen-bond donors (Lipinski definition) is 2. The number of hydrogen-bond acceptors (Lipinski definition) is 2. The van der Waals surface area contributed by atoms with Crippen molar-refractivity contribution in [3.63, 3.8) is 0 Å². The van der Waals surface area contributed by atoms with E-state index >= 15 is 0 Å². The van der Waals surface area contributed by atoms with E-state index in [1.54, 1.807) is 0 Å². The fourth-order valence-electron chi connectivity index (χ4n) is 1.46. The minimum atomic E-state index is -0.666. The number of nitrogens with one attached hydrogen (secondary N) is 1. The molecule has 2 nitrogen and oxygen atoms in total. The zero-order chi connectivity index (χ0) is 13.1. The molecule has 0 aliphatic carbocycles. The average molecular weight is 300 g/mol. The van der Waals surface area contributed by atoms with Crippen LogP contribution in [0.3, 0.4) is 0 Å². The summed E-state index contributed by atoms with van der Waals surface area (Å²) in [6.45, 7) is 8.64. The van der Waals surface area contributed by atoms with E-state index < -0.39 is 5.60 Å². The van der Waals surface area contributed by atoms with Gasteiger partial charge in [0.25, 0.3) is 0 Å². The first-order valence-corrected chi connectivity index (χ1v) is 6.83. The molecule has 17 heavy (non-hydrogen) atoms. The first-order valence-electron chi connectivity index (χ1n) is 6.04. The topological polar surface area (TPSA) is 32.3 Å². The lowest BCUT2D eigenvalue weighted by atomic mass is 9.92. The highest BCUT2D eigenvalue weighted by molar-refractivity contribution is 9.10. The molecule has 1 rings (SSSR count). The Morgan fingerprint density at radius 1 is 1.35 bits per heavy atom. The second kappa shape index (κ2) is 5.98. The Morgan fingerprint density at radius 2 is 2.00 bits per heavy atom. The van der Waals surface area contributed by atoms with E-state index in [0.29, 0.717) is 6.54 Å². The van der Waals surface area contributed by atoms with E-state index in [1.807, 2.05) is 32.9 Å². The molecule has 0 heterocycles. The number of halogens is 1. The molecule has 2 N–H and O–H groups in total. The maximum Gasteiger partial charge on any atom is 0.0766 e.